The Kier molecular flexibility index (Phi) is 6.80. The number of rotatable bonds is 5. The van der Waals surface area contributed by atoms with Crippen molar-refractivity contribution < 1.29 is 9.90 Å². The fourth-order valence-electron chi connectivity index (χ4n) is 5.06. The summed E-state index contributed by atoms with van der Waals surface area (Å²) in [6.45, 7) is 4.86. The van der Waals surface area contributed by atoms with Crippen molar-refractivity contribution in [2.75, 3.05) is 26.2 Å². The van der Waals surface area contributed by atoms with Gasteiger partial charge in [-0.15, -0.1) is 0 Å². The second-order valence-corrected chi connectivity index (χ2v) is 9.08. The van der Waals surface area contributed by atoms with Crippen LogP contribution in [0.5, 0.6) is 0 Å². The van der Waals surface area contributed by atoms with Crippen LogP contribution in [0.25, 0.3) is 0 Å². The molecule has 2 aromatic carbocycles. The monoisotopic (exact) mass is 434 g/mol. The third kappa shape index (κ3) is 4.65. The molecule has 0 radical (unpaired) electrons. The number of piperazine rings is 1. The van der Waals surface area contributed by atoms with Crippen molar-refractivity contribution in [1.82, 2.24) is 15.1 Å². The smallest absolute Gasteiger partial charge is 0.259 e. The highest BCUT2D eigenvalue weighted by Crippen LogP contribution is 2.42. The Morgan fingerprint density at radius 3 is 2.34 bits per heavy atom. The second kappa shape index (κ2) is 9.74. The molecule has 1 aliphatic heterocycles. The molecular weight excluding hydrogens is 400 g/mol. The molecule has 2 aliphatic rings. The van der Waals surface area contributed by atoms with Gasteiger partial charge in [0.2, 0.25) is 0 Å². The minimum absolute atomic E-state index is 0.0373. The standard InChI is InChI=1S/C26H34N4O2/c1-20-8-7-9-21(18-20)19-28-25(27)30-16-14-29(15-17-30)24(31)26(32,23-12-5-6-13-23)22-10-3-2-4-11-22/h2-4,7-11,18,23,32H,5-6,12-17,19H2,1H3,(H2,27,28)/t26-/m0/s1. The normalized spacial score (nSPS) is 18.9. The van der Waals surface area contributed by atoms with Crippen LogP contribution < -0.4 is 5.32 Å². The molecular formula is C26H34N4O2. The number of benzene rings is 2. The molecule has 6 nitrogen and oxygen atoms in total. The van der Waals surface area contributed by atoms with Crippen molar-refractivity contribution in [1.29, 1.82) is 5.41 Å². The van der Waals surface area contributed by atoms with Crippen LogP contribution in [0.1, 0.15) is 42.4 Å². The van der Waals surface area contributed by atoms with E-state index in [1.54, 1.807) is 4.90 Å². The van der Waals surface area contributed by atoms with E-state index in [4.69, 9.17) is 5.41 Å². The summed E-state index contributed by atoms with van der Waals surface area (Å²) in [6.07, 6.45) is 3.88. The van der Waals surface area contributed by atoms with Gasteiger partial charge >= 0.3 is 0 Å². The Bertz CT molecular complexity index is 934. The lowest BCUT2D eigenvalue weighted by molar-refractivity contribution is -0.160. The molecule has 4 rings (SSSR count). The van der Waals surface area contributed by atoms with Gasteiger partial charge in [0.1, 0.15) is 0 Å². The highest BCUT2D eigenvalue weighted by Gasteiger charge is 2.48. The van der Waals surface area contributed by atoms with Crippen LogP contribution in [0.15, 0.2) is 54.6 Å². The summed E-state index contributed by atoms with van der Waals surface area (Å²) in [5.41, 5.74) is 1.59. The van der Waals surface area contributed by atoms with E-state index in [-0.39, 0.29) is 11.8 Å². The number of nitrogens with one attached hydrogen (secondary N) is 2. The Morgan fingerprint density at radius 2 is 1.69 bits per heavy atom. The number of nitrogens with zero attached hydrogens (tertiary/aromatic N) is 2. The average Bonchev–Trinajstić information content (AvgIpc) is 3.38. The molecule has 1 saturated heterocycles. The maximum atomic E-state index is 13.6. The summed E-state index contributed by atoms with van der Waals surface area (Å²) in [6, 6.07) is 17.7. The molecule has 0 spiro atoms. The lowest BCUT2D eigenvalue weighted by Crippen LogP contribution is -2.58. The SMILES string of the molecule is Cc1cccc(CNC(=N)N2CCN(C(=O)[C@](O)(c3ccccc3)C3CCCC3)CC2)c1. The van der Waals surface area contributed by atoms with Crippen LogP contribution in [0, 0.1) is 18.3 Å². The second-order valence-electron chi connectivity index (χ2n) is 9.08. The van der Waals surface area contributed by atoms with Gasteiger partial charge in [-0.1, -0.05) is 73.0 Å². The van der Waals surface area contributed by atoms with Crippen molar-refractivity contribution in [2.45, 2.75) is 44.8 Å². The average molecular weight is 435 g/mol. The number of carbonyl (C=O) groups excluding carboxylic acids is 1. The van der Waals surface area contributed by atoms with E-state index >= 15 is 0 Å². The van der Waals surface area contributed by atoms with Crippen molar-refractivity contribution in [2.24, 2.45) is 5.92 Å². The largest absolute Gasteiger partial charge is 0.375 e. The molecule has 170 valence electrons. The third-order valence-corrected chi connectivity index (χ3v) is 6.91. The van der Waals surface area contributed by atoms with Crippen LogP contribution in [0.4, 0.5) is 0 Å². The zero-order valence-electron chi connectivity index (χ0n) is 18.9. The first-order chi connectivity index (χ1) is 15.5. The summed E-state index contributed by atoms with van der Waals surface area (Å²) < 4.78 is 0. The van der Waals surface area contributed by atoms with E-state index in [9.17, 15) is 9.90 Å². The molecule has 1 atom stereocenters. The van der Waals surface area contributed by atoms with Gasteiger partial charge in [-0.3, -0.25) is 10.2 Å². The number of amides is 1. The number of aryl methyl sites for hydroxylation is 1. The van der Waals surface area contributed by atoms with E-state index in [2.05, 4.69) is 30.4 Å². The molecule has 6 heteroatoms. The molecule has 1 saturated carbocycles. The van der Waals surface area contributed by atoms with Gasteiger partial charge in [0.15, 0.2) is 11.6 Å². The molecule has 3 N–H and O–H groups in total. The van der Waals surface area contributed by atoms with E-state index in [1.165, 1.54) is 5.56 Å². The van der Waals surface area contributed by atoms with Gasteiger partial charge in [0.05, 0.1) is 0 Å². The first kappa shape index (κ1) is 22.3. The molecule has 1 aliphatic carbocycles. The molecule has 2 fully saturated rings. The zero-order chi connectivity index (χ0) is 22.6. The van der Waals surface area contributed by atoms with Crippen molar-refractivity contribution in [3.05, 3.63) is 71.3 Å². The van der Waals surface area contributed by atoms with Gasteiger partial charge in [-0.2, -0.15) is 0 Å². The molecule has 32 heavy (non-hydrogen) atoms. The molecule has 0 bridgehead atoms. The molecule has 2 aromatic rings. The Morgan fingerprint density at radius 1 is 1.03 bits per heavy atom. The van der Waals surface area contributed by atoms with Gasteiger partial charge < -0.3 is 20.2 Å². The quantitative estimate of drug-likeness (QED) is 0.499. The maximum absolute atomic E-state index is 13.6. The molecule has 1 amide bonds. The number of guanidine groups is 1. The Hall–Kier alpha value is -2.86. The fourth-order valence-corrected chi connectivity index (χ4v) is 5.06. The van der Waals surface area contributed by atoms with E-state index in [1.807, 2.05) is 41.3 Å². The predicted octanol–water partition coefficient (Wildman–Crippen LogP) is 3.24. The lowest BCUT2D eigenvalue weighted by atomic mass is 9.79. The Balaban J connectivity index is 1.38. The van der Waals surface area contributed by atoms with Crippen LogP contribution in [0.3, 0.4) is 0 Å². The van der Waals surface area contributed by atoms with Gasteiger partial charge in [-0.25, -0.2) is 0 Å². The highest BCUT2D eigenvalue weighted by molar-refractivity contribution is 5.87. The first-order valence-electron chi connectivity index (χ1n) is 11.7. The van der Waals surface area contributed by atoms with Crippen molar-refractivity contribution in [3.63, 3.8) is 0 Å². The van der Waals surface area contributed by atoms with E-state index in [0.29, 0.717) is 44.2 Å². The van der Waals surface area contributed by atoms with Crippen LogP contribution in [-0.2, 0) is 16.9 Å². The highest BCUT2D eigenvalue weighted by atomic mass is 16.3. The van der Waals surface area contributed by atoms with Gasteiger partial charge in [0.25, 0.3) is 5.91 Å². The minimum Gasteiger partial charge on any atom is -0.375 e. The summed E-state index contributed by atoms with van der Waals surface area (Å²) in [5, 5.41) is 23.4. The van der Waals surface area contributed by atoms with E-state index in [0.717, 1.165) is 31.2 Å². The maximum Gasteiger partial charge on any atom is 0.259 e. The summed E-state index contributed by atoms with van der Waals surface area (Å²) in [5.74, 6) is 0.159. The van der Waals surface area contributed by atoms with Crippen molar-refractivity contribution >= 4 is 11.9 Å². The number of hydrogen-bond donors (Lipinski definition) is 3. The van der Waals surface area contributed by atoms with Crippen LogP contribution >= 0.6 is 0 Å². The summed E-state index contributed by atoms with van der Waals surface area (Å²) >= 11 is 0. The van der Waals surface area contributed by atoms with Crippen LogP contribution in [0.2, 0.25) is 0 Å². The summed E-state index contributed by atoms with van der Waals surface area (Å²) in [4.78, 5) is 17.4. The van der Waals surface area contributed by atoms with E-state index < -0.39 is 5.60 Å². The number of carbonyl (C=O) groups is 1. The molecule has 0 aromatic heterocycles. The summed E-state index contributed by atoms with van der Waals surface area (Å²) in [7, 11) is 0. The predicted molar refractivity (Wildman–Crippen MR) is 126 cm³/mol. The van der Waals surface area contributed by atoms with Gasteiger partial charge in [0, 0.05) is 38.6 Å². The zero-order valence-corrected chi connectivity index (χ0v) is 18.9. The van der Waals surface area contributed by atoms with Gasteiger partial charge in [-0.05, 0) is 30.9 Å². The van der Waals surface area contributed by atoms with Crippen LogP contribution in [-0.4, -0.2) is 53.0 Å². The lowest BCUT2D eigenvalue weighted by Gasteiger charge is -2.42. The Labute approximate surface area is 190 Å². The minimum atomic E-state index is -1.46. The molecule has 0 unspecified atom stereocenters. The number of aliphatic hydroxyl groups is 1. The number of hydrogen-bond acceptors (Lipinski definition) is 3. The fraction of sp³-hybridized carbons (Fsp3) is 0.462. The molecule has 1 heterocycles. The van der Waals surface area contributed by atoms with Crippen molar-refractivity contribution in [3.8, 4) is 0 Å². The third-order valence-electron chi connectivity index (χ3n) is 6.91. The topological polar surface area (TPSA) is 79.7 Å². The first-order valence-corrected chi connectivity index (χ1v) is 11.7.